The van der Waals surface area contributed by atoms with Gasteiger partial charge in [0.1, 0.15) is 6.04 Å². The molecule has 0 spiro atoms. The first kappa shape index (κ1) is 20.7. The molecule has 0 saturated carbocycles. The standard InChI is InChI=1S/C24H28N6O/c1-14(2)30-16(4)23(31)29(5)21-9-8-18(13-22(21)30)27-24-26-11-10-20(28-24)19-12-17(25)7-6-15(19)3/h6-14,16H,25H2,1-5H3,(H,26,27,28). The Bertz CT molecular complexity index is 1140. The average molecular weight is 417 g/mol. The quantitative estimate of drug-likeness (QED) is 0.615. The van der Waals surface area contributed by atoms with Crippen LogP contribution in [0.3, 0.4) is 0 Å². The summed E-state index contributed by atoms with van der Waals surface area (Å²) in [6, 6.07) is 13.6. The van der Waals surface area contributed by atoms with Gasteiger partial charge in [-0.25, -0.2) is 9.97 Å². The Morgan fingerprint density at radius 3 is 2.61 bits per heavy atom. The molecule has 7 heteroatoms. The molecule has 2 heterocycles. The molecule has 1 aliphatic heterocycles. The molecular formula is C24H28N6O. The van der Waals surface area contributed by atoms with Crippen molar-refractivity contribution < 1.29 is 4.79 Å². The lowest BCUT2D eigenvalue weighted by Gasteiger charge is -2.42. The number of aryl methyl sites for hydroxylation is 1. The summed E-state index contributed by atoms with van der Waals surface area (Å²) in [4.78, 5) is 25.6. The van der Waals surface area contributed by atoms with Gasteiger partial charge in [0.2, 0.25) is 11.9 Å². The lowest BCUT2D eigenvalue weighted by atomic mass is 10.0. The maximum absolute atomic E-state index is 12.6. The Labute approximate surface area is 182 Å². The first-order valence-corrected chi connectivity index (χ1v) is 10.4. The normalized spacial score (nSPS) is 15.9. The number of amides is 1. The third-order valence-electron chi connectivity index (χ3n) is 5.73. The molecule has 7 nitrogen and oxygen atoms in total. The fourth-order valence-corrected chi connectivity index (χ4v) is 4.16. The number of nitrogens with zero attached hydrogens (tertiary/aromatic N) is 4. The molecule has 0 aliphatic carbocycles. The molecule has 0 fully saturated rings. The molecule has 1 atom stereocenters. The highest BCUT2D eigenvalue weighted by Crippen LogP contribution is 2.39. The summed E-state index contributed by atoms with van der Waals surface area (Å²) >= 11 is 0. The summed E-state index contributed by atoms with van der Waals surface area (Å²) in [5.74, 6) is 0.596. The van der Waals surface area contributed by atoms with Gasteiger partial charge in [-0.1, -0.05) is 6.07 Å². The van der Waals surface area contributed by atoms with Gasteiger partial charge in [-0.2, -0.15) is 0 Å². The molecule has 3 aromatic rings. The molecule has 1 aromatic heterocycles. The SMILES string of the molecule is Cc1ccc(N)cc1-c1ccnc(Nc2ccc3c(c2)N(C(C)C)C(C)C(=O)N3C)n1. The number of carbonyl (C=O) groups is 1. The van der Waals surface area contributed by atoms with Gasteiger partial charge in [-0.15, -0.1) is 0 Å². The van der Waals surface area contributed by atoms with Gasteiger partial charge in [0.05, 0.1) is 17.1 Å². The number of hydrogen-bond donors (Lipinski definition) is 2. The molecule has 1 aliphatic rings. The van der Waals surface area contributed by atoms with E-state index >= 15 is 0 Å². The highest BCUT2D eigenvalue weighted by molar-refractivity contribution is 6.05. The second kappa shape index (κ2) is 7.91. The van der Waals surface area contributed by atoms with Crippen LogP contribution in [0.15, 0.2) is 48.7 Å². The minimum atomic E-state index is -0.223. The van der Waals surface area contributed by atoms with E-state index in [-0.39, 0.29) is 18.0 Å². The van der Waals surface area contributed by atoms with E-state index < -0.39 is 0 Å². The van der Waals surface area contributed by atoms with E-state index in [1.807, 2.05) is 57.3 Å². The van der Waals surface area contributed by atoms with Gasteiger partial charge in [0.25, 0.3) is 0 Å². The molecule has 1 unspecified atom stereocenters. The van der Waals surface area contributed by atoms with Crippen LogP contribution in [0.25, 0.3) is 11.3 Å². The van der Waals surface area contributed by atoms with Crippen LogP contribution in [0, 0.1) is 6.92 Å². The largest absolute Gasteiger partial charge is 0.399 e. The zero-order chi connectivity index (χ0) is 22.3. The van der Waals surface area contributed by atoms with Crippen LogP contribution in [0.4, 0.5) is 28.7 Å². The minimum Gasteiger partial charge on any atom is -0.399 e. The average Bonchev–Trinajstić information content (AvgIpc) is 2.74. The molecule has 0 bridgehead atoms. The van der Waals surface area contributed by atoms with Crippen LogP contribution < -0.4 is 20.9 Å². The van der Waals surface area contributed by atoms with Gasteiger partial charge in [-0.05, 0) is 69.7 Å². The smallest absolute Gasteiger partial charge is 0.249 e. The van der Waals surface area contributed by atoms with E-state index in [0.29, 0.717) is 11.6 Å². The Morgan fingerprint density at radius 2 is 1.87 bits per heavy atom. The zero-order valence-corrected chi connectivity index (χ0v) is 18.5. The van der Waals surface area contributed by atoms with Crippen molar-refractivity contribution in [1.82, 2.24) is 9.97 Å². The highest BCUT2D eigenvalue weighted by Gasteiger charge is 2.34. The van der Waals surface area contributed by atoms with Crippen molar-refractivity contribution in [2.45, 2.75) is 39.8 Å². The molecule has 4 rings (SSSR count). The molecular weight excluding hydrogens is 388 g/mol. The number of nitrogens with two attached hydrogens (primary N) is 1. The van der Waals surface area contributed by atoms with Crippen molar-refractivity contribution in [3.05, 3.63) is 54.2 Å². The number of likely N-dealkylation sites (N-methyl/N-ethyl adjacent to an activating group) is 1. The number of nitrogen functional groups attached to an aromatic ring is 1. The highest BCUT2D eigenvalue weighted by atomic mass is 16.2. The predicted molar refractivity (Wildman–Crippen MR) is 127 cm³/mol. The van der Waals surface area contributed by atoms with Crippen LogP contribution in [0.1, 0.15) is 26.3 Å². The number of nitrogens with one attached hydrogen (secondary N) is 1. The van der Waals surface area contributed by atoms with Crippen molar-refractivity contribution in [3.8, 4) is 11.3 Å². The van der Waals surface area contributed by atoms with Crippen molar-refractivity contribution >= 4 is 34.6 Å². The van der Waals surface area contributed by atoms with Crippen LogP contribution >= 0.6 is 0 Å². The topological polar surface area (TPSA) is 87.4 Å². The van der Waals surface area contributed by atoms with Crippen LogP contribution in [0.5, 0.6) is 0 Å². The molecule has 0 radical (unpaired) electrons. The van der Waals surface area contributed by atoms with Gasteiger partial charge in [0, 0.05) is 36.2 Å². The third kappa shape index (κ3) is 3.79. The van der Waals surface area contributed by atoms with E-state index in [0.717, 1.165) is 33.9 Å². The van der Waals surface area contributed by atoms with E-state index in [4.69, 9.17) is 10.7 Å². The number of aromatic nitrogens is 2. The Balaban J connectivity index is 1.69. The number of fused-ring (bicyclic) bond motifs is 1. The second-order valence-corrected chi connectivity index (χ2v) is 8.24. The Hall–Kier alpha value is -3.61. The monoisotopic (exact) mass is 416 g/mol. The first-order valence-electron chi connectivity index (χ1n) is 10.4. The number of carbonyl (C=O) groups excluding carboxylic acids is 1. The minimum absolute atomic E-state index is 0.0930. The Morgan fingerprint density at radius 1 is 1.10 bits per heavy atom. The van der Waals surface area contributed by atoms with Crippen LogP contribution in [-0.2, 0) is 4.79 Å². The summed E-state index contributed by atoms with van der Waals surface area (Å²) in [5, 5.41) is 3.32. The third-order valence-corrected chi connectivity index (χ3v) is 5.73. The first-order chi connectivity index (χ1) is 14.8. The van der Waals surface area contributed by atoms with Gasteiger partial charge in [-0.3, -0.25) is 4.79 Å². The molecule has 31 heavy (non-hydrogen) atoms. The summed E-state index contributed by atoms with van der Waals surface area (Å²) in [6.07, 6.45) is 1.74. The lowest BCUT2D eigenvalue weighted by molar-refractivity contribution is -0.119. The van der Waals surface area contributed by atoms with E-state index in [1.165, 1.54) is 0 Å². The molecule has 1 amide bonds. The number of benzene rings is 2. The molecule has 0 saturated heterocycles. The number of rotatable bonds is 4. The fraction of sp³-hybridized carbons (Fsp3) is 0.292. The van der Waals surface area contributed by atoms with Crippen molar-refractivity contribution in [3.63, 3.8) is 0 Å². The summed E-state index contributed by atoms with van der Waals surface area (Å²) in [5.41, 5.74) is 12.3. The van der Waals surface area contributed by atoms with Gasteiger partial charge >= 0.3 is 0 Å². The zero-order valence-electron chi connectivity index (χ0n) is 18.5. The van der Waals surface area contributed by atoms with E-state index in [1.54, 1.807) is 11.1 Å². The maximum atomic E-state index is 12.6. The molecule has 160 valence electrons. The molecule has 2 aromatic carbocycles. The fourth-order valence-electron chi connectivity index (χ4n) is 4.16. The molecule has 3 N–H and O–H groups in total. The summed E-state index contributed by atoms with van der Waals surface area (Å²) in [7, 11) is 1.82. The Kier molecular flexibility index (Phi) is 5.27. The van der Waals surface area contributed by atoms with Gasteiger partial charge in [0.15, 0.2) is 0 Å². The maximum Gasteiger partial charge on any atom is 0.249 e. The van der Waals surface area contributed by atoms with Gasteiger partial charge < -0.3 is 20.9 Å². The van der Waals surface area contributed by atoms with E-state index in [9.17, 15) is 4.79 Å². The predicted octanol–water partition coefficient (Wildman–Crippen LogP) is 4.36. The number of hydrogen-bond acceptors (Lipinski definition) is 6. The van der Waals surface area contributed by atoms with Crippen LogP contribution in [0.2, 0.25) is 0 Å². The summed E-state index contributed by atoms with van der Waals surface area (Å²) < 4.78 is 0. The van der Waals surface area contributed by atoms with Crippen molar-refractivity contribution in [1.29, 1.82) is 0 Å². The van der Waals surface area contributed by atoms with E-state index in [2.05, 4.69) is 35.1 Å². The number of anilines is 5. The second-order valence-electron chi connectivity index (χ2n) is 8.24. The van der Waals surface area contributed by atoms with Crippen molar-refractivity contribution in [2.24, 2.45) is 0 Å². The van der Waals surface area contributed by atoms with Crippen molar-refractivity contribution in [2.75, 3.05) is 27.9 Å². The van der Waals surface area contributed by atoms with Crippen LogP contribution in [-0.4, -0.2) is 35.0 Å². The summed E-state index contributed by atoms with van der Waals surface area (Å²) in [6.45, 7) is 8.17. The lowest BCUT2D eigenvalue weighted by Crippen LogP contribution is -2.53.